The zero-order valence-corrected chi connectivity index (χ0v) is 9.98. The zero-order chi connectivity index (χ0) is 10.7. The molecule has 16 heavy (non-hydrogen) atoms. The van der Waals surface area contributed by atoms with Gasteiger partial charge in [-0.2, -0.15) is 0 Å². The van der Waals surface area contributed by atoms with Crippen LogP contribution in [0, 0.1) is 0 Å². The van der Waals surface area contributed by atoms with E-state index in [4.69, 9.17) is 0 Å². The van der Waals surface area contributed by atoms with Crippen LogP contribution in [0.2, 0.25) is 0 Å². The van der Waals surface area contributed by atoms with Crippen molar-refractivity contribution in [2.75, 3.05) is 20.1 Å². The van der Waals surface area contributed by atoms with E-state index in [1.165, 1.54) is 0 Å². The lowest BCUT2D eigenvalue weighted by Gasteiger charge is -2.12. The SMILES string of the molecule is CN1CCN=C1S(=O)Cc1ccccn1.[B]. The van der Waals surface area contributed by atoms with Gasteiger partial charge in [0.1, 0.15) is 0 Å². The van der Waals surface area contributed by atoms with Gasteiger partial charge in [-0.15, -0.1) is 0 Å². The molecule has 1 aromatic heterocycles. The molecule has 0 N–H and O–H groups in total. The fourth-order valence-corrected chi connectivity index (χ4v) is 2.68. The molecule has 0 fully saturated rings. The summed E-state index contributed by atoms with van der Waals surface area (Å²) in [5, 5.41) is 0.695. The molecule has 1 aromatic rings. The second-order valence-corrected chi connectivity index (χ2v) is 4.74. The summed E-state index contributed by atoms with van der Waals surface area (Å²) in [6.45, 7) is 1.61. The highest BCUT2D eigenvalue weighted by Crippen LogP contribution is 2.07. The second kappa shape index (κ2) is 5.79. The Labute approximate surface area is 99.8 Å². The number of likely N-dealkylation sites (N-methyl/N-ethyl adjacent to an activating group) is 1. The third kappa shape index (κ3) is 2.91. The molecule has 83 valence electrons. The fraction of sp³-hybridized carbons (Fsp3) is 0.400. The molecule has 0 aromatic carbocycles. The Morgan fingerprint density at radius 1 is 1.50 bits per heavy atom. The predicted octanol–water partition coefficient (Wildman–Crippen LogP) is 0.251. The molecule has 0 spiro atoms. The van der Waals surface area contributed by atoms with E-state index in [-0.39, 0.29) is 8.41 Å². The van der Waals surface area contributed by atoms with Gasteiger partial charge in [0, 0.05) is 28.2 Å². The number of nitrogens with zero attached hydrogens (tertiary/aromatic N) is 3. The van der Waals surface area contributed by atoms with Crippen molar-refractivity contribution in [3.05, 3.63) is 30.1 Å². The van der Waals surface area contributed by atoms with Crippen LogP contribution >= 0.6 is 0 Å². The van der Waals surface area contributed by atoms with Crippen molar-refractivity contribution in [3.8, 4) is 0 Å². The molecule has 0 bridgehead atoms. The number of hydrogen-bond donors (Lipinski definition) is 0. The van der Waals surface area contributed by atoms with Crippen LogP contribution in [0.5, 0.6) is 0 Å². The van der Waals surface area contributed by atoms with Gasteiger partial charge in [-0.1, -0.05) is 6.07 Å². The maximum Gasteiger partial charge on any atom is 0.190 e. The average molecular weight is 234 g/mol. The van der Waals surface area contributed by atoms with Crippen LogP contribution < -0.4 is 0 Å². The summed E-state index contributed by atoms with van der Waals surface area (Å²) in [6, 6.07) is 5.64. The Morgan fingerprint density at radius 2 is 2.31 bits per heavy atom. The Kier molecular flexibility index (Phi) is 4.67. The molecule has 6 heteroatoms. The Bertz CT molecular complexity index is 396. The zero-order valence-electron chi connectivity index (χ0n) is 9.17. The molecule has 1 aliphatic rings. The molecule has 2 heterocycles. The third-order valence-corrected chi connectivity index (χ3v) is 3.62. The lowest BCUT2D eigenvalue weighted by atomic mass is 10.4. The molecule has 0 saturated carbocycles. The van der Waals surface area contributed by atoms with Crippen molar-refractivity contribution in [1.82, 2.24) is 9.88 Å². The van der Waals surface area contributed by atoms with Gasteiger partial charge in [-0.25, -0.2) is 0 Å². The van der Waals surface area contributed by atoms with Gasteiger partial charge in [0.05, 0.1) is 28.8 Å². The number of pyridine rings is 1. The largest absolute Gasteiger partial charge is 0.351 e. The van der Waals surface area contributed by atoms with Gasteiger partial charge in [0.25, 0.3) is 0 Å². The molecular weight excluding hydrogens is 221 g/mol. The summed E-state index contributed by atoms with van der Waals surface area (Å²) in [7, 11) is 0.856. The van der Waals surface area contributed by atoms with Crippen molar-refractivity contribution in [2.45, 2.75) is 5.75 Å². The minimum atomic E-state index is -1.06. The van der Waals surface area contributed by atoms with Crippen molar-refractivity contribution >= 4 is 24.4 Å². The van der Waals surface area contributed by atoms with Gasteiger partial charge < -0.3 is 4.90 Å². The first kappa shape index (κ1) is 12.9. The van der Waals surface area contributed by atoms with Gasteiger partial charge in [-0.05, 0) is 12.1 Å². The van der Waals surface area contributed by atoms with Crippen molar-refractivity contribution in [2.24, 2.45) is 4.99 Å². The Morgan fingerprint density at radius 3 is 2.88 bits per heavy atom. The highest BCUT2D eigenvalue weighted by molar-refractivity contribution is 7.99. The van der Waals surface area contributed by atoms with Crippen molar-refractivity contribution in [3.63, 3.8) is 0 Å². The standard InChI is InChI=1S/C10H13N3OS.B/c1-13-7-6-12-10(13)15(14)8-9-4-2-3-5-11-9;/h2-5H,6-8H2,1H3;. The normalized spacial score (nSPS) is 16.6. The Hall–Kier alpha value is -1.17. The van der Waals surface area contributed by atoms with Crippen LogP contribution in [0.3, 0.4) is 0 Å². The van der Waals surface area contributed by atoms with E-state index in [1.807, 2.05) is 30.1 Å². The topological polar surface area (TPSA) is 45.6 Å². The average Bonchev–Trinajstić information content (AvgIpc) is 2.66. The fourth-order valence-electron chi connectivity index (χ4n) is 1.44. The minimum Gasteiger partial charge on any atom is -0.351 e. The van der Waals surface area contributed by atoms with Crippen molar-refractivity contribution in [1.29, 1.82) is 0 Å². The van der Waals surface area contributed by atoms with E-state index in [9.17, 15) is 4.21 Å². The molecular formula is C10H13BN3OS. The Balaban J connectivity index is 0.00000128. The minimum absolute atomic E-state index is 0. The summed E-state index contributed by atoms with van der Waals surface area (Å²) >= 11 is 0. The van der Waals surface area contributed by atoms with Gasteiger partial charge in [0.2, 0.25) is 0 Å². The van der Waals surface area contributed by atoms with E-state index in [0.29, 0.717) is 10.9 Å². The van der Waals surface area contributed by atoms with Crippen LogP contribution in [0.1, 0.15) is 5.69 Å². The quantitative estimate of drug-likeness (QED) is 0.689. The summed E-state index contributed by atoms with van der Waals surface area (Å²) < 4.78 is 11.9. The highest BCUT2D eigenvalue weighted by Gasteiger charge is 2.19. The number of hydrogen-bond acceptors (Lipinski definition) is 4. The summed E-state index contributed by atoms with van der Waals surface area (Å²) in [6.07, 6.45) is 1.71. The van der Waals surface area contributed by atoms with Crippen molar-refractivity contribution < 1.29 is 4.21 Å². The first-order valence-corrected chi connectivity index (χ1v) is 6.13. The number of aromatic nitrogens is 1. The van der Waals surface area contributed by atoms with E-state index in [2.05, 4.69) is 9.98 Å². The highest BCUT2D eigenvalue weighted by atomic mass is 32.2. The first-order chi connectivity index (χ1) is 7.27. The van der Waals surface area contributed by atoms with Crippen LogP contribution in [-0.2, 0) is 16.6 Å². The van der Waals surface area contributed by atoms with Gasteiger partial charge in [-0.3, -0.25) is 14.2 Å². The molecule has 1 aliphatic heterocycles. The van der Waals surface area contributed by atoms with E-state index < -0.39 is 10.8 Å². The first-order valence-electron chi connectivity index (χ1n) is 4.81. The van der Waals surface area contributed by atoms with E-state index >= 15 is 0 Å². The molecule has 3 radical (unpaired) electrons. The molecule has 4 nitrogen and oxygen atoms in total. The molecule has 1 atom stereocenters. The molecule has 1 unspecified atom stereocenters. The summed E-state index contributed by atoms with van der Waals surface area (Å²) in [4.78, 5) is 10.3. The maximum absolute atomic E-state index is 11.9. The lowest BCUT2D eigenvalue weighted by Crippen LogP contribution is -2.27. The van der Waals surface area contributed by atoms with Crippen LogP contribution in [0.25, 0.3) is 0 Å². The smallest absolute Gasteiger partial charge is 0.190 e. The molecule has 2 rings (SSSR count). The number of aliphatic imine (C=N–C) groups is 1. The number of rotatable bonds is 2. The predicted molar refractivity (Wildman–Crippen MR) is 66.8 cm³/mol. The monoisotopic (exact) mass is 234 g/mol. The van der Waals surface area contributed by atoms with Gasteiger partial charge in [0.15, 0.2) is 5.17 Å². The molecule has 0 aliphatic carbocycles. The van der Waals surface area contributed by atoms with Gasteiger partial charge >= 0.3 is 0 Å². The van der Waals surface area contributed by atoms with Crippen LogP contribution in [0.15, 0.2) is 29.4 Å². The maximum atomic E-state index is 11.9. The number of amidine groups is 1. The van der Waals surface area contributed by atoms with E-state index in [0.717, 1.165) is 18.8 Å². The van der Waals surface area contributed by atoms with Crippen LogP contribution in [0.4, 0.5) is 0 Å². The summed E-state index contributed by atoms with van der Waals surface area (Å²) in [5.41, 5.74) is 0.846. The third-order valence-electron chi connectivity index (χ3n) is 2.22. The second-order valence-electron chi connectivity index (χ2n) is 3.40. The molecule has 0 saturated heterocycles. The lowest BCUT2D eigenvalue weighted by molar-refractivity contribution is 0.561. The molecule has 0 amide bonds. The van der Waals surface area contributed by atoms with Crippen LogP contribution in [-0.4, -0.2) is 47.8 Å². The summed E-state index contributed by atoms with van der Waals surface area (Å²) in [5.74, 6) is 0.448. The van der Waals surface area contributed by atoms with E-state index in [1.54, 1.807) is 6.20 Å².